The first-order chi connectivity index (χ1) is 14.2. The summed E-state index contributed by atoms with van der Waals surface area (Å²) in [5.41, 5.74) is 5.69. The maximum atomic E-state index is 13.4. The Morgan fingerprint density at radius 2 is 1.72 bits per heavy atom. The predicted octanol–water partition coefficient (Wildman–Crippen LogP) is 5.71. The summed E-state index contributed by atoms with van der Waals surface area (Å²) in [4.78, 5) is 17.7. The van der Waals surface area contributed by atoms with Crippen LogP contribution in [0.3, 0.4) is 0 Å². The van der Waals surface area contributed by atoms with E-state index in [9.17, 15) is 4.79 Å². The van der Waals surface area contributed by atoms with Gasteiger partial charge in [0.25, 0.3) is 0 Å². The Kier molecular flexibility index (Phi) is 4.57. The molecule has 0 amide bonds. The number of rotatable bonds is 2. The molecular formula is C24H20ClN3O. The number of Topliss-reactive ketones (excluding diaryl/α,β-unsaturated/α-hetero) is 1. The Morgan fingerprint density at radius 3 is 2.52 bits per heavy atom. The lowest BCUT2D eigenvalue weighted by atomic mass is 9.78. The van der Waals surface area contributed by atoms with Crippen molar-refractivity contribution in [3.05, 3.63) is 100 Å². The second kappa shape index (κ2) is 7.37. The summed E-state index contributed by atoms with van der Waals surface area (Å²) in [6.07, 6.45) is 4.75. The fraction of sp³-hybridized carbons (Fsp3) is 0.167. The lowest BCUT2D eigenvalue weighted by molar-refractivity contribution is -0.116. The Hall–Kier alpha value is -3.11. The lowest BCUT2D eigenvalue weighted by Gasteiger charge is -2.30. The van der Waals surface area contributed by atoms with Gasteiger partial charge in [-0.05, 0) is 47.7 Å². The smallest absolute Gasteiger partial charge is 0.163 e. The summed E-state index contributed by atoms with van der Waals surface area (Å²) in [5.74, 6) is 0.195. The molecule has 5 rings (SSSR count). The quantitative estimate of drug-likeness (QED) is 0.577. The van der Waals surface area contributed by atoms with Crippen molar-refractivity contribution >= 4 is 28.8 Å². The number of hydrogen-bond donors (Lipinski definition) is 2. The average molecular weight is 402 g/mol. The van der Waals surface area contributed by atoms with Gasteiger partial charge in [0.15, 0.2) is 5.78 Å². The minimum atomic E-state index is -0.241. The maximum absolute atomic E-state index is 13.4. The van der Waals surface area contributed by atoms with Gasteiger partial charge in [-0.3, -0.25) is 9.78 Å². The van der Waals surface area contributed by atoms with E-state index < -0.39 is 0 Å². The highest BCUT2D eigenvalue weighted by Crippen LogP contribution is 2.44. The number of pyridine rings is 1. The van der Waals surface area contributed by atoms with Crippen molar-refractivity contribution in [1.82, 2.24) is 4.98 Å². The van der Waals surface area contributed by atoms with Crippen molar-refractivity contribution in [3.8, 4) is 0 Å². The Morgan fingerprint density at radius 1 is 0.931 bits per heavy atom. The van der Waals surface area contributed by atoms with E-state index in [-0.39, 0.29) is 17.7 Å². The first-order valence-electron chi connectivity index (χ1n) is 9.74. The van der Waals surface area contributed by atoms with Gasteiger partial charge in [-0.1, -0.05) is 48.0 Å². The number of para-hydroxylation sites is 2. The zero-order valence-corrected chi connectivity index (χ0v) is 16.5. The third-order valence-electron chi connectivity index (χ3n) is 5.67. The zero-order chi connectivity index (χ0) is 19.8. The van der Waals surface area contributed by atoms with E-state index >= 15 is 0 Å². The molecule has 0 saturated carbocycles. The predicted molar refractivity (Wildman–Crippen MR) is 116 cm³/mol. The first kappa shape index (κ1) is 18.0. The zero-order valence-electron chi connectivity index (χ0n) is 15.7. The van der Waals surface area contributed by atoms with Crippen LogP contribution in [0.5, 0.6) is 0 Å². The molecular weight excluding hydrogens is 382 g/mol. The second-order valence-corrected chi connectivity index (χ2v) is 7.88. The molecule has 1 aromatic heterocycles. The Balaban J connectivity index is 1.62. The van der Waals surface area contributed by atoms with Crippen LogP contribution in [-0.4, -0.2) is 10.8 Å². The third kappa shape index (κ3) is 3.30. The van der Waals surface area contributed by atoms with Crippen molar-refractivity contribution in [2.75, 3.05) is 10.6 Å². The molecule has 4 nitrogen and oxygen atoms in total. The van der Waals surface area contributed by atoms with E-state index in [4.69, 9.17) is 11.6 Å². The molecule has 0 saturated heterocycles. The van der Waals surface area contributed by atoms with Gasteiger partial charge in [-0.15, -0.1) is 0 Å². The van der Waals surface area contributed by atoms with Crippen LogP contribution in [-0.2, 0) is 4.79 Å². The van der Waals surface area contributed by atoms with Crippen molar-refractivity contribution < 1.29 is 4.79 Å². The van der Waals surface area contributed by atoms with Crippen molar-refractivity contribution in [2.24, 2.45) is 0 Å². The fourth-order valence-electron chi connectivity index (χ4n) is 4.32. The number of aromatic nitrogens is 1. The summed E-state index contributed by atoms with van der Waals surface area (Å²) in [5, 5.41) is 7.82. The monoisotopic (exact) mass is 401 g/mol. The Labute approximate surface area is 174 Å². The first-order valence-corrected chi connectivity index (χ1v) is 10.1. The third-order valence-corrected chi connectivity index (χ3v) is 6.02. The summed E-state index contributed by atoms with van der Waals surface area (Å²) < 4.78 is 0. The largest absolute Gasteiger partial charge is 0.372 e. The number of nitrogens with zero attached hydrogens (tertiary/aromatic N) is 1. The highest BCUT2D eigenvalue weighted by Gasteiger charge is 2.36. The van der Waals surface area contributed by atoms with E-state index in [1.165, 1.54) is 0 Å². The number of carbonyl (C=O) groups excluding carboxylic acids is 1. The molecule has 0 spiro atoms. The molecule has 2 atom stereocenters. The number of fused-ring (bicyclic) bond motifs is 1. The molecule has 144 valence electrons. The van der Waals surface area contributed by atoms with Crippen LogP contribution < -0.4 is 10.6 Å². The number of nitrogens with one attached hydrogen (secondary N) is 2. The molecule has 2 unspecified atom stereocenters. The van der Waals surface area contributed by atoms with E-state index in [0.717, 1.165) is 40.2 Å². The van der Waals surface area contributed by atoms with Crippen LogP contribution in [0.1, 0.15) is 35.9 Å². The van der Waals surface area contributed by atoms with Gasteiger partial charge in [0.2, 0.25) is 0 Å². The van der Waals surface area contributed by atoms with Gasteiger partial charge in [0.1, 0.15) is 0 Å². The van der Waals surface area contributed by atoms with Crippen LogP contribution in [0.2, 0.25) is 5.02 Å². The van der Waals surface area contributed by atoms with Gasteiger partial charge in [-0.2, -0.15) is 0 Å². The van der Waals surface area contributed by atoms with Gasteiger partial charge < -0.3 is 10.6 Å². The molecule has 2 aliphatic rings. The number of allylic oxidation sites excluding steroid dienone is 1. The normalized spacial score (nSPS) is 20.8. The topological polar surface area (TPSA) is 54.0 Å². The molecule has 0 radical (unpaired) electrons. The highest BCUT2D eigenvalue weighted by molar-refractivity contribution is 6.31. The SMILES string of the molecule is O=C1CC(c2ccccc2Cl)CC2=C1C(c1cccnc1)Nc1ccccc1N2. The second-order valence-electron chi connectivity index (χ2n) is 7.48. The maximum Gasteiger partial charge on any atom is 0.163 e. The van der Waals surface area contributed by atoms with Gasteiger partial charge >= 0.3 is 0 Å². The lowest BCUT2D eigenvalue weighted by Crippen LogP contribution is -2.27. The van der Waals surface area contributed by atoms with E-state index in [0.29, 0.717) is 11.4 Å². The number of carbonyl (C=O) groups is 1. The van der Waals surface area contributed by atoms with Crippen molar-refractivity contribution in [3.63, 3.8) is 0 Å². The molecule has 0 fully saturated rings. The molecule has 3 aromatic rings. The standard InChI is InChI=1S/C24H20ClN3O/c25-18-8-2-1-7-17(18)16-12-21-23(22(29)13-16)24(15-6-5-11-26-14-15)28-20-10-4-3-9-19(20)27-21/h1-11,14,16,24,27-28H,12-13H2. The van der Waals surface area contributed by atoms with Gasteiger partial charge in [0.05, 0.1) is 17.4 Å². The summed E-state index contributed by atoms with van der Waals surface area (Å²) in [6.45, 7) is 0. The molecule has 29 heavy (non-hydrogen) atoms. The summed E-state index contributed by atoms with van der Waals surface area (Å²) in [6, 6.07) is 19.5. The van der Waals surface area contributed by atoms with Crippen LogP contribution in [0, 0.1) is 0 Å². The van der Waals surface area contributed by atoms with Gasteiger partial charge in [0, 0.05) is 35.1 Å². The molecule has 5 heteroatoms. The van der Waals surface area contributed by atoms with Crippen LogP contribution in [0.15, 0.2) is 84.3 Å². The van der Waals surface area contributed by atoms with Crippen molar-refractivity contribution in [2.45, 2.75) is 24.8 Å². The van der Waals surface area contributed by atoms with E-state index in [1.807, 2.05) is 66.9 Å². The minimum absolute atomic E-state index is 0.0576. The number of hydrogen-bond acceptors (Lipinski definition) is 4. The molecule has 2 aromatic carbocycles. The molecule has 0 bridgehead atoms. The number of anilines is 2. The van der Waals surface area contributed by atoms with E-state index in [2.05, 4.69) is 15.6 Å². The van der Waals surface area contributed by atoms with E-state index in [1.54, 1.807) is 6.20 Å². The van der Waals surface area contributed by atoms with Crippen LogP contribution in [0.25, 0.3) is 0 Å². The van der Waals surface area contributed by atoms with Crippen LogP contribution in [0.4, 0.5) is 11.4 Å². The van der Waals surface area contributed by atoms with Crippen molar-refractivity contribution in [1.29, 1.82) is 0 Å². The summed E-state index contributed by atoms with van der Waals surface area (Å²) >= 11 is 6.45. The highest BCUT2D eigenvalue weighted by atomic mass is 35.5. The minimum Gasteiger partial charge on any atom is -0.372 e. The molecule has 2 heterocycles. The number of benzene rings is 2. The molecule has 1 aliphatic heterocycles. The molecule has 2 N–H and O–H groups in total. The summed E-state index contributed by atoms with van der Waals surface area (Å²) in [7, 11) is 0. The number of halogens is 1. The average Bonchev–Trinajstić information content (AvgIpc) is 2.91. The fourth-order valence-corrected chi connectivity index (χ4v) is 4.61. The number of ketones is 1. The Bertz CT molecular complexity index is 1110. The van der Waals surface area contributed by atoms with Crippen LogP contribution >= 0.6 is 11.6 Å². The van der Waals surface area contributed by atoms with Gasteiger partial charge in [-0.25, -0.2) is 0 Å². The molecule has 1 aliphatic carbocycles.